The summed E-state index contributed by atoms with van der Waals surface area (Å²) in [7, 11) is 0. The molecule has 1 unspecified atom stereocenters. The van der Waals surface area contributed by atoms with E-state index in [1.165, 1.54) is 5.57 Å². The van der Waals surface area contributed by atoms with Crippen LogP contribution >= 0.6 is 0 Å². The molecule has 1 aliphatic carbocycles. The number of hydrogen-bond acceptors (Lipinski definition) is 1. The summed E-state index contributed by atoms with van der Waals surface area (Å²) >= 11 is 0. The summed E-state index contributed by atoms with van der Waals surface area (Å²) in [4.78, 5) is 0. The molecule has 1 rings (SSSR count). The monoisotopic (exact) mass is 131 g/mol. The lowest BCUT2D eigenvalue weighted by Gasteiger charge is -1.88. The van der Waals surface area contributed by atoms with E-state index in [-0.39, 0.29) is 5.92 Å². The van der Waals surface area contributed by atoms with Gasteiger partial charge in [-0.25, -0.2) is 0 Å². The molecule has 1 atom stereocenters. The largest absolute Gasteiger partial charge is 0.197 e. The molecule has 0 aromatic heterocycles. The van der Waals surface area contributed by atoms with Gasteiger partial charge in [-0.2, -0.15) is 5.26 Å². The van der Waals surface area contributed by atoms with E-state index in [0.717, 1.165) is 0 Å². The highest BCUT2D eigenvalue weighted by molar-refractivity contribution is 5.29. The highest BCUT2D eigenvalue weighted by atomic mass is 14.2. The van der Waals surface area contributed by atoms with Gasteiger partial charge in [0.25, 0.3) is 0 Å². The Morgan fingerprint density at radius 1 is 1.50 bits per heavy atom. The average molecular weight is 131 g/mol. The third kappa shape index (κ3) is 1.60. The molecule has 1 heteroatoms. The van der Waals surface area contributed by atoms with Crippen LogP contribution in [-0.4, -0.2) is 0 Å². The SMILES string of the molecule is CC1=CC=CC(C#N)C=C1. The molecular formula is C9H9N. The minimum Gasteiger partial charge on any atom is -0.197 e. The van der Waals surface area contributed by atoms with Crippen LogP contribution in [0.3, 0.4) is 0 Å². The van der Waals surface area contributed by atoms with Gasteiger partial charge in [0.1, 0.15) is 0 Å². The highest BCUT2D eigenvalue weighted by Crippen LogP contribution is 2.07. The Bertz CT molecular complexity index is 238. The molecule has 0 spiro atoms. The molecule has 0 aromatic carbocycles. The van der Waals surface area contributed by atoms with E-state index in [1.54, 1.807) is 0 Å². The Hall–Kier alpha value is -1.29. The van der Waals surface area contributed by atoms with E-state index >= 15 is 0 Å². The van der Waals surface area contributed by atoms with Crippen LogP contribution in [0.15, 0.2) is 36.0 Å². The summed E-state index contributed by atoms with van der Waals surface area (Å²) < 4.78 is 0. The molecule has 0 bridgehead atoms. The minimum atomic E-state index is -0.0475. The van der Waals surface area contributed by atoms with Crippen LogP contribution < -0.4 is 0 Å². The molecule has 1 aliphatic rings. The van der Waals surface area contributed by atoms with Gasteiger partial charge in [0, 0.05) is 0 Å². The van der Waals surface area contributed by atoms with Crippen LogP contribution in [-0.2, 0) is 0 Å². The van der Waals surface area contributed by atoms with Gasteiger partial charge in [-0.15, -0.1) is 0 Å². The zero-order chi connectivity index (χ0) is 7.40. The molecule has 0 aromatic rings. The van der Waals surface area contributed by atoms with Gasteiger partial charge in [-0.3, -0.25) is 0 Å². The van der Waals surface area contributed by atoms with E-state index in [0.29, 0.717) is 0 Å². The summed E-state index contributed by atoms with van der Waals surface area (Å²) in [6, 6.07) is 2.16. The van der Waals surface area contributed by atoms with Crippen molar-refractivity contribution in [2.75, 3.05) is 0 Å². The molecule has 0 saturated heterocycles. The number of allylic oxidation sites excluding steroid dienone is 6. The highest BCUT2D eigenvalue weighted by Gasteiger charge is 1.96. The lowest BCUT2D eigenvalue weighted by atomic mass is 10.1. The molecule has 0 aliphatic heterocycles. The van der Waals surface area contributed by atoms with Crippen LogP contribution in [0.25, 0.3) is 0 Å². The van der Waals surface area contributed by atoms with Crippen LogP contribution in [0.2, 0.25) is 0 Å². The lowest BCUT2D eigenvalue weighted by Crippen LogP contribution is -1.82. The number of rotatable bonds is 0. The molecular weight excluding hydrogens is 122 g/mol. The van der Waals surface area contributed by atoms with Gasteiger partial charge in [0.2, 0.25) is 0 Å². The van der Waals surface area contributed by atoms with Crippen molar-refractivity contribution in [3.8, 4) is 6.07 Å². The van der Waals surface area contributed by atoms with Gasteiger partial charge in [-0.05, 0) is 6.92 Å². The predicted molar refractivity (Wildman–Crippen MR) is 41.1 cm³/mol. The van der Waals surface area contributed by atoms with Crippen LogP contribution in [0.5, 0.6) is 0 Å². The van der Waals surface area contributed by atoms with E-state index in [4.69, 9.17) is 5.26 Å². The molecule has 0 fully saturated rings. The Kier molecular flexibility index (Phi) is 2.07. The first-order valence-corrected chi connectivity index (χ1v) is 3.26. The fourth-order valence-electron chi connectivity index (χ4n) is 0.788. The molecule has 0 heterocycles. The van der Waals surface area contributed by atoms with Crippen molar-refractivity contribution in [2.45, 2.75) is 6.92 Å². The van der Waals surface area contributed by atoms with Crippen molar-refractivity contribution in [3.05, 3.63) is 36.0 Å². The second kappa shape index (κ2) is 3.03. The Labute approximate surface area is 61.0 Å². The summed E-state index contributed by atoms with van der Waals surface area (Å²) in [5.41, 5.74) is 1.19. The first kappa shape index (κ1) is 6.82. The summed E-state index contributed by atoms with van der Waals surface area (Å²) in [5, 5.41) is 8.53. The average Bonchev–Trinajstić information content (AvgIpc) is 2.14. The molecule has 0 radical (unpaired) electrons. The minimum absolute atomic E-state index is 0.0475. The smallest absolute Gasteiger partial charge is 0.0830 e. The molecule has 10 heavy (non-hydrogen) atoms. The van der Waals surface area contributed by atoms with E-state index in [9.17, 15) is 0 Å². The van der Waals surface area contributed by atoms with Crippen molar-refractivity contribution in [3.63, 3.8) is 0 Å². The van der Waals surface area contributed by atoms with Gasteiger partial charge in [-0.1, -0.05) is 36.0 Å². The van der Waals surface area contributed by atoms with Crippen molar-refractivity contribution >= 4 is 0 Å². The zero-order valence-corrected chi connectivity index (χ0v) is 5.91. The second-order valence-corrected chi connectivity index (χ2v) is 2.31. The third-order valence-electron chi connectivity index (χ3n) is 1.39. The van der Waals surface area contributed by atoms with Gasteiger partial charge in [0.05, 0.1) is 12.0 Å². The second-order valence-electron chi connectivity index (χ2n) is 2.31. The standard InChI is InChI=1S/C9H9N/c1-8-3-2-4-9(7-10)6-5-8/h2-6,9H,1H3. The van der Waals surface area contributed by atoms with Crippen LogP contribution in [0.4, 0.5) is 0 Å². The zero-order valence-electron chi connectivity index (χ0n) is 5.91. The predicted octanol–water partition coefficient (Wildman–Crippen LogP) is 2.20. The molecule has 0 amide bonds. The van der Waals surface area contributed by atoms with Gasteiger partial charge >= 0.3 is 0 Å². The van der Waals surface area contributed by atoms with E-state index in [1.807, 2.05) is 37.3 Å². The Morgan fingerprint density at radius 3 is 3.00 bits per heavy atom. The summed E-state index contributed by atoms with van der Waals surface area (Å²) in [5.74, 6) is -0.0475. The molecule has 0 saturated carbocycles. The van der Waals surface area contributed by atoms with Crippen molar-refractivity contribution < 1.29 is 0 Å². The maximum atomic E-state index is 8.53. The van der Waals surface area contributed by atoms with Crippen molar-refractivity contribution in [1.82, 2.24) is 0 Å². The topological polar surface area (TPSA) is 23.8 Å². The van der Waals surface area contributed by atoms with E-state index < -0.39 is 0 Å². The summed E-state index contributed by atoms with van der Waals surface area (Å²) in [6.45, 7) is 2.01. The normalized spacial score (nSPS) is 23.2. The number of nitrogens with zero attached hydrogens (tertiary/aromatic N) is 1. The maximum absolute atomic E-state index is 8.53. The number of nitriles is 1. The summed E-state index contributed by atoms with van der Waals surface area (Å²) in [6.07, 6.45) is 9.66. The lowest BCUT2D eigenvalue weighted by molar-refractivity contribution is 1.08. The van der Waals surface area contributed by atoms with Crippen molar-refractivity contribution in [1.29, 1.82) is 5.26 Å². The molecule has 0 N–H and O–H groups in total. The fourth-order valence-corrected chi connectivity index (χ4v) is 0.788. The van der Waals surface area contributed by atoms with Crippen LogP contribution in [0, 0.1) is 17.2 Å². The van der Waals surface area contributed by atoms with Gasteiger partial charge in [0.15, 0.2) is 0 Å². The first-order valence-electron chi connectivity index (χ1n) is 3.26. The third-order valence-corrected chi connectivity index (χ3v) is 1.39. The Balaban J connectivity index is 2.80. The first-order chi connectivity index (χ1) is 4.83. The Morgan fingerprint density at radius 2 is 2.30 bits per heavy atom. The quantitative estimate of drug-likeness (QED) is 0.494. The number of hydrogen-bond donors (Lipinski definition) is 0. The molecule has 1 nitrogen and oxygen atoms in total. The van der Waals surface area contributed by atoms with Crippen LogP contribution in [0.1, 0.15) is 6.92 Å². The van der Waals surface area contributed by atoms with E-state index in [2.05, 4.69) is 6.07 Å². The fraction of sp³-hybridized carbons (Fsp3) is 0.222. The maximum Gasteiger partial charge on any atom is 0.0830 e. The molecule has 50 valence electrons. The van der Waals surface area contributed by atoms with Crippen molar-refractivity contribution in [2.24, 2.45) is 5.92 Å². The van der Waals surface area contributed by atoms with Gasteiger partial charge < -0.3 is 0 Å².